The van der Waals surface area contributed by atoms with Gasteiger partial charge in [0.1, 0.15) is 0 Å². The Labute approximate surface area is 182 Å². The van der Waals surface area contributed by atoms with E-state index < -0.39 is 33.6 Å². The molecule has 0 spiro atoms. The van der Waals surface area contributed by atoms with Crippen LogP contribution in [0.3, 0.4) is 0 Å². The van der Waals surface area contributed by atoms with Gasteiger partial charge in [0.05, 0.1) is 29.4 Å². The first-order chi connectivity index (χ1) is 14.5. The molecule has 2 amide bonds. The van der Waals surface area contributed by atoms with Crippen LogP contribution in [0.1, 0.15) is 37.9 Å². The number of hydrogen-bond acceptors (Lipinski definition) is 5. The predicted octanol–water partition coefficient (Wildman–Crippen LogP) is 3.24. The molecule has 0 radical (unpaired) electrons. The summed E-state index contributed by atoms with van der Waals surface area (Å²) in [5.41, 5.74) is 1.59. The largest absolute Gasteiger partial charge is 0.466 e. The summed E-state index contributed by atoms with van der Waals surface area (Å²) >= 11 is 0. The molecule has 2 N–H and O–H groups in total. The van der Waals surface area contributed by atoms with Crippen molar-refractivity contribution in [3.05, 3.63) is 77.0 Å². The fourth-order valence-corrected chi connectivity index (χ4v) is 4.74. The molecule has 1 atom stereocenters. The molecule has 7 nitrogen and oxygen atoms in total. The summed E-state index contributed by atoms with van der Waals surface area (Å²) in [4.78, 5) is 25.0. The third-order valence-electron chi connectivity index (χ3n) is 5.11. The Balaban J connectivity index is 2.03. The number of sulfone groups is 1. The van der Waals surface area contributed by atoms with Crippen LogP contribution >= 0.6 is 0 Å². The zero-order chi connectivity index (χ0) is 22.8. The lowest BCUT2D eigenvalue weighted by atomic mass is 9.87. The number of ether oxygens (including phenoxy) is 1. The molecule has 0 aromatic heterocycles. The molecular formula is C23H26N2O5S. The summed E-state index contributed by atoms with van der Waals surface area (Å²) in [5.74, 6) is -1.25. The van der Waals surface area contributed by atoms with Crippen molar-refractivity contribution >= 4 is 21.8 Å². The van der Waals surface area contributed by atoms with Gasteiger partial charge in [0, 0.05) is 5.70 Å². The van der Waals surface area contributed by atoms with Crippen LogP contribution in [-0.4, -0.2) is 33.3 Å². The zero-order valence-corrected chi connectivity index (χ0v) is 18.7. The molecule has 3 rings (SSSR count). The molecule has 0 saturated carbocycles. The van der Waals surface area contributed by atoms with Crippen LogP contribution in [0.5, 0.6) is 0 Å². The molecule has 164 valence electrons. The first kappa shape index (κ1) is 22.6. The summed E-state index contributed by atoms with van der Waals surface area (Å²) in [7, 11) is -2.62. The minimum Gasteiger partial charge on any atom is -0.466 e. The number of carbonyl (C=O) groups is 2. The van der Waals surface area contributed by atoms with Gasteiger partial charge in [-0.05, 0) is 28.7 Å². The van der Waals surface area contributed by atoms with Crippen LogP contribution in [0, 0.1) is 0 Å². The first-order valence-corrected chi connectivity index (χ1v) is 11.5. The molecule has 1 aliphatic heterocycles. The number of hydrogen-bond donors (Lipinski definition) is 2. The number of benzene rings is 2. The highest BCUT2D eigenvalue weighted by Crippen LogP contribution is 2.29. The summed E-state index contributed by atoms with van der Waals surface area (Å²) in [6, 6.07) is 14.1. The van der Waals surface area contributed by atoms with Crippen LogP contribution < -0.4 is 10.6 Å². The molecule has 0 bridgehead atoms. The van der Waals surface area contributed by atoms with Crippen molar-refractivity contribution < 1.29 is 22.7 Å². The summed E-state index contributed by atoms with van der Waals surface area (Å²) in [6.45, 7) is 6.12. The average molecular weight is 443 g/mol. The minimum absolute atomic E-state index is 0.00403. The fraction of sp³-hybridized carbons (Fsp3) is 0.304. The van der Waals surface area contributed by atoms with Crippen molar-refractivity contribution in [2.45, 2.75) is 37.1 Å². The number of esters is 1. The molecule has 0 saturated heterocycles. The van der Waals surface area contributed by atoms with Gasteiger partial charge in [0.15, 0.2) is 9.84 Å². The van der Waals surface area contributed by atoms with Crippen molar-refractivity contribution in [1.82, 2.24) is 10.6 Å². The van der Waals surface area contributed by atoms with Crippen molar-refractivity contribution in [3.8, 4) is 0 Å². The highest BCUT2D eigenvalue weighted by atomic mass is 32.2. The lowest BCUT2D eigenvalue weighted by Crippen LogP contribution is -2.47. The standard InChI is InChI=1S/C23H26N2O5S/c1-23(2,3)16-10-12-17(13-11-16)31(28,29)14-18-19(21(26)30-4)20(25-22(27)24-18)15-8-6-5-7-9-15/h5-13,20H,14H2,1-4H3,(H2,24,25,27)/t20-/m1/s1. The Kier molecular flexibility index (Phi) is 6.22. The number of nitrogens with one attached hydrogen (secondary N) is 2. The van der Waals surface area contributed by atoms with Gasteiger partial charge in [-0.2, -0.15) is 0 Å². The lowest BCUT2D eigenvalue weighted by molar-refractivity contribution is -0.136. The Morgan fingerprint density at radius 2 is 1.65 bits per heavy atom. The Hall–Kier alpha value is -3.13. The van der Waals surface area contributed by atoms with E-state index in [0.29, 0.717) is 5.56 Å². The van der Waals surface area contributed by atoms with Crippen LogP contribution in [0.2, 0.25) is 0 Å². The third kappa shape index (κ3) is 4.96. The van der Waals surface area contributed by atoms with E-state index in [4.69, 9.17) is 4.74 Å². The van der Waals surface area contributed by atoms with Gasteiger partial charge in [0.2, 0.25) is 0 Å². The topological polar surface area (TPSA) is 102 Å². The number of carbonyl (C=O) groups excluding carboxylic acids is 2. The lowest BCUT2D eigenvalue weighted by Gasteiger charge is -2.29. The molecule has 31 heavy (non-hydrogen) atoms. The Morgan fingerprint density at radius 3 is 2.19 bits per heavy atom. The Bertz CT molecular complexity index is 1110. The SMILES string of the molecule is COC(=O)C1=C(CS(=O)(=O)c2ccc(C(C)(C)C)cc2)NC(=O)N[C@@H]1c1ccccc1. The van der Waals surface area contributed by atoms with Gasteiger partial charge in [-0.25, -0.2) is 18.0 Å². The predicted molar refractivity (Wildman–Crippen MR) is 117 cm³/mol. The van der Waals surface area contributed by atoms with Gasteiger partial charge in [-0.15, -0.1) is 0 Å². The van der Waals surface area contributed by atoms with Crippen LogP contribution in [-0.2, 0) is 24.8 Å². The second-order valence-corrected chi connectivity index (χ2v) is 10.3. The van der Waals surface area contributed by atoms with Gasteiger partial charge in [-0.3, -0.25) is 0 Å². The van der Waals surface area contributed by atoms with Crippen molar-refractivity contribution in [3.63, 3.8) is 0 Å². The van der Waals surface area contributed by atoms with Crippen molar-refractivity contribution in [2.24, 2.45) is 0 Å². The molecular weight excluding hydrogens is 416 g/mol. The summed E-state index contributed by atoms with van der Waals surface area (Å²) < 4.78 is 31.1. The van der Waals surface area contributed by atoms with E-state index in [9.17, 15) is 18.0 Å². The van der Waals surface area contributed by atoms with E-state index in [-0.39, 0.29) is 21.6 Å². The maximum Gasteiger partial charge on any atom is 0.338 e. The second-order valence-electron chi connectivity index (χ2n) is 8.36. The second kappa shape index (κ2) is 8.55. The number of rotatable bonds is 5. The van der Waals surface area contributed by atoms with E-state index in [1.165, 1.54) is 7.11 Å². The first-order valence-electron chi connectivity index (χ1n) is 9.80. The smallest absolute Gasteiger partial charge is 0.338 e. The molecule has 0 aliphatic carbocycles. The molecule has 0 fully saturated rings. The van der Waals surface area contributed by atoms with E-state index in [1.54, 1.807) is 54.6 Å². The number of methoxy groups -OCH3 is 1. The maximum atomic E-state index is 13.1. The van der Waals surface area contributed by atoms with E-state index in [1.807, 2.05) is 20.8 Å². The molecule has 1 heterocycles. The molecule has 0 unspecified atom stereocenters. The summed E-state index contributed by atoms with van der Waals surface area (Å²) in [6.07, 6.45) is 0. The van der Waals surface area contributed by atoms with E-state index in [0.717, 1.165) is 5.56 Å². The molecule has 1 aliphatic rings. The maximum absolute atomic E-state index is 13.1. The quantitative estimate of drug-likeness (QED) is 0.692. The molecule has 8 heteroatoms. The van der Waals surface area contributed by atoms with Gasteiger partial charge >= 0.3 is 12.0 Å². The normalized spacial score (nSPS) is 17.0. The average Bonchev–Trinajstić information content (AvgIpc) is 2.72. The monoisotopic (exact) mass is 442 g/mol. The van der Waals surface area contributed by atoms with E-state index in [2.05, 4.69) is 10.6 Å². The molecule has 2 aromatic carbocycles. The minimum atomic E-state index is -3.83. The highest BCUT2D eigenvalue weighted by molar-refractivity contribution is 7.91. The van der Waals surface area contributed by atoms with Crippen molar-refractivity contribution in [2.75, 3.05) is 12.9 Å². The van der Waals surface area contributed by atoms with Gasteiger partial charge < -0.3 is 15.4 Å². The Morgan fingerprint density at radius 1 is 1.03 bits per heavy atom. The van der Waals surface area contributed by atoms with Gasteiger partial charge in [-0.1, -0.05) is 63.2 Å². The summed E-state index contributed by atoms with van der Waals surface area (Å²) in [5, 5.41) is 5.17. The zero-order valence-electron chi connectivity index (χ0n) is 17.9. The van der Waals surface area contributed by atoms with Crippen LogP contribution in [0.15, 0.2) is 70.8 Å². The van der Waals surface area contributed by atoms with E-state index >= 15 is 0 Å². The third-order valence-corrected chi connectivity index (χ3v) is 6.76. The highest BCUT2D eigenvalue weighted by Gasteiger charge is 2.35. The van der Waals surface area contributed by atoms with Gasteiger partial charge in [0.25, 0.3) is 0 Å². The van der Waals surface area contributed by atoms with Crippen LogP contribution in [0.25, 0.3) is 0 Å². The molecule has 2 aromatic rings. The van der Waals surface area contributed by atoms with Crippen molar-refractivity contribution in [1.29, 1.82) is 0 Å². The van der Waals surface area contributed by atoms with Crippen LogP contribution in [0.4, 0.5) is 4.79 Å². The fourth-order valence-electron chi connectivity index (χ4n) is 3.41. The number of amides is 2. The number of urea groups is 1.